The van der Waals surface area contributed by atoms with Crippen LogP contribution >= 0.6 is 0 Å². The minimum Gasteiger partial charge on any atom is -0.324 e. The lowest BCUT2D eigenvalue weighted by Gasteiger charge is -2.36. The van der Waals surface area contributed by atoms with Crippen LogP contribution in [-0.2, 0) is 16.5 Å². The lowest BCUT2D eigenvalue weighted by Crippen LogP contribution is -2.52. The van der Waals surface area contributed by atoms with Gasteiger partial charge in [0.1, 0.15) is 11.4 Å². The van der Waals surface area contributed by atoms with Crippen LogP contribution in [0.4, 0.5) is 23.2 Å². The summed E-state index contributed by atoms with van der Waals surface area (Å²) in [6.07, 6.45) is -0.770. The molecular weight excluding hydrogens is 340 g/mol. The molecule has 134 valence electrons. The average molecular weight is 356 g/mol. The Morgan fingerprint density at radius 2 is 2.00 bits per heavy atom. The van der Waals surface area contributed by atoms with E-state index in [0.29, 0.717) is 38.1 Å². The molecule has 2 N–H and O–H groups in total. The highest BCUT2D eigenvalue weighted by molar-refractivity contribution is 5.96. The maximum Gasteiger partial charge on any atom is 0.419 e. The molecule has 0 aliphatic carbocycles. The van der Waals surface area contributed by atoms with E-state index in [1.807, 2.05) is 0 Å². The van der Waals surface area contributed by atoms with Gasteiger partial charge in [0.2, 0.25) is 0 Å². The summed E-state index contributed by atoms with van der Waals surface area (Å²) < 4.78 is 53.5. The molecule has 0 radical (unpaired) electrons. The molecule has 2 heterocycles. The molecule has 25 heavy (non-hydrogen) atoms. The molecule has 0 atom stereocenters. The zero-order chi connectivity index (χ0) is 18.1. The summed E-state index contributed by atoms with van der Waals surface area (Å²) in [5.41, 5.74) is -2.52. The first-order valence-electron chi connectivity index (χ1n) is 7.72. The number of halogens is 4. The summed E-state index contributed by atoms with van der Waals surface area (Å²) in [6, 6.07) is 4.09. The van der Waals surface area contributed by atoms with E-state index >= 15 is 0 Å². The van der Waals surface area contributed by atoms with Gasteiger partial charge in [0.05, 0.1) is 5.56 Å². The van der Waals surface area contributed by atoms with E-state index in [2.05, 4.69) is 15.7 Å². The lowest BCUT2D eigenvalue weighted by molar-refractivity contribution is -0.140. The first kappa shape index (κ1) is 17.4. The maximum absolute atomic E-state index is 13.4. The summed E-state index contributed by atoms with van der Waals surface area (Å²) in [5.74, 6) is -1.86. The van der Waals surface area contributed by atoms with Crippen LogP contribution in [0.1, 0.15) is 18.4 Å². The third-order valence-electron chi connectivity index (χ3n) is 4.33. The Kier molecular flexibility index (Phi) is 4.51. The molecule has 9 heteroatoms. The molecule has 0 spiro atoms. The van der Waals surface area contributed by atoms with Crippen molar-refractivity contribution in [1.29, 1.82) is 0 Å². The number of benzene rings is 1. The summed E-state index contributed by atoms with van der Waals surface area (Å²) in [5, 5.41) is 9.76. The van der Waals surface area contributed by atoms with E-state index in [1.165, 1.54) is 10.9 Å². The van der Waals surface area contributed by atoms with Crippen LogP contribution < -0.4 is 10.6 Å². The van der Waals surface area contributed by atoms with E-state index in [0.717, 1.165) is 6.07 Å². The minimum absolute atomic E-state index is 0.108. The number of nitrogens with one attached hydrogen (secondary N) is 2. The Balaban J connectivity index is 1.90. The lowest BCUT2D eigenvalue weighted by atomic mass is 9.87. The predicted octanol–water partition coefficient (Wildman–Crippen LogP) is 2.76. The van der Waals surface area contributed by atoms with Gasteiger partial charge in [-0.1, -0.05) is 0 Å². The standard InChI is InChI=1S/C16H16F4N4O/c17-13-3-2-11(10-12(13)16(18,19)20)23-14(25)15(4-7-21-8-5-15)24-9-1-6-22-24/h1-3,6,9-10,21H,4-5,7-8H2,(H,23,25). The van der Waals surface area contributed by atoms with Crippen molar-refractivity contribution in [3.05, 3.63) is 48.0 Å². The van der Waals surface area contributed by atoms with E-state index in [-0.39, 0.29) is 5.69 Å². The molecule has 1 aliphatic heterocycles. The Morgan fingerprint density at radius 3 is 2.60 bits per heavy atom. The van der Waals surface area contributed by atoms with Gasteiger partial charge in [0, 0.05) is 18.1 Å². The van der Waals surface area contributed by atoms with Crippen LogP contribution in [0, 0.1) is 5.82 Å². The molecule has 1 fully saturated rings. The molecular formula is C16H16F4N4O. The quantitative estimate of drug-likeness (QED) is 0.832. The summed E-state index contributed by atoms with van der Waals surface area (Å²) in [7, 11) is 0. The minimum atomic E-state index is -4.83. The van der Waals surface area contributed by atoms with Crippen LogP contribution in [0.15, 0.2) is 36.7 Å². The molecule has 1 aromatic heterocycles. The summed E-state index contributed by atoms with van der Waals surface area (Å²) in [6.45, 7) is 1.15. The van der Waals surface area contributed by atoms with Crippen molar-refractivity contribution >= 4 is 11.6 Å². The SMILES string of the molecule is O=C(Nc1ccc(F)c(C(F)(F)F)c1)C1(n2cccn2)CCNCC1. The number of hydrogen-bond acceptors (Lipinski definition) is 3. The van der Waals surface area contributed by atoms with E-state index in [9.17, 15) is 22.4 Å². The normalized spacial score (nSPS) is 17.3. The Labute approximate surface area is 141 Å². The smallest absolute Gasteiger partial charge is 0.324 e. The second-order valence-corrected chi connectivity index (χ2v) is 5.88. The molecule has 0 unspecified atom stereocenters. The van der Waals surface area contributed by atoms with Gasteiger partial charge in [-0.15, -0.1) is 0 Å². The molecule has 1 saturated heterocycles. The largest absolute Gasteiger partial charge is 0.419 e. The van der Waals surface area contributed by atoms with Crippen LogP contribution in [0.2, 0.25) is 0 Å². The van der Waals surface area contributed by atoms with Crippen molar-refractivity contribution in [3.63, 3.8) is 0 Å². The molecule has 3 rings (SSSR count). The summed E-state index contributed by atoms with van der Waals surface area (Å²) in [4.78, 5) is 12.9. The zero-order valence-electron chi connectivity index (χ0n) is 13.1. The second-order valence-electron chi connectivity index (χ2n) is 5.88. The average Bonchev–Trinajstić information content (AvgIpc) is 3.11. The van der Waals surface area contributed by atoms with Gasteiger partial charge in [-0.3, -0.25) is 9.48 Å². The van der Waals surface area contributed by atoms with Gasteiger partial charge >= 0.3 is 6.18 Å². The summed E-state index contributed by atoms with van der Waals surface area (Å²) >= 11 is 0. The Morgan fingerprint density at radius 1 is 1.28 bits per heavy atom. The van der Waals surface area contributed by atoms with E-state index in [4.69, 9.17) is 0 Å². The van der Waals surface area contributed by atoms with Crippen molar-refractivity contribution in [1.82, 2.24) is 15.1 Å². The van der Waals surface area contributed by atoms with Crippen molar-refractivity contribution in [2.24, 2.45) is 0 Å². The second kappa shape index (κ2) is 6.47. The first-order chi connectivity index (χ1) is 11.8. The number of amides is 1. The number of carbonyl (C=O) groups is 1. The monoisotopic (exact) mass is 356 g/mol. The van der Waals surface area contributed by atoms with Gasteiger partial charge < -0.3 is 10.6 Å². The number of rotatable bonds is 3. The van der Waals surface area contributed by atoms with E-state index < -0.39 is 29.0 Å². The Bertz CT molecular complexity index is 752. The Hall–Kier alpha value is -2.42. The molecule has 5 nitrogen and oxygen atoms in total. The van der Waals surface area contributed by atoms with Gasteiger partial charge in [0.25, 0.3) is 5.91 Å². The molecule has 1 aliphatic rings. The molecule has 1 aromatic carbocycles. The first-order valence-corrected chi connectivity index (χ1v) is 7.72. The zero-order valence-corrected chi connectivity index (χ0v) is 13.1. The number of aromatic nitrogens is 2. The predicted molar refractivity (Wildman–Crippen MR) is 82.3 cm³/mol. The number of nitrogens with zero attached hydrogens (tertiary/aromatic N) is 2. The molecule has 0 bridgehead atoms. The maximum atomic E-state index is 13.4. The van der Waals surface area contributed by atoms with Crippen LogP contribution in [0.3, 0.4) is 0 Å². The number of carbonyl (C=O) groups excluding carboxylic acids is 1. The third-order valence-corrected chi connectivity index (χ3v) is 4.33. The fourth-order valence-electron chi connectivity index (χ4n) is 2.99. The topological polar surface area (TPSA) is 59.0 Å². The number of piperidine rings is 1. The van der Waals surface area contributed by atoms with Crippen LogP contribution in [-0.4, -0.2) is 28.8 Å². The van der Waals surface area contributed by atoms with Gasteiger partial charge in [-0.25, -0.2) is 4.39 Å². The number of anilines is 1. The van der Waals surface area contributed by atoms with Crippen LogP contribution in [0.5, 0.6) is 0 Å². The van der Waals surface area contributed by atoms with Crippen molar-refractivity contribution in [2.45, 2.75) is 24.6 Å². The number of hydrogen-bond donors (Lipinski definition) is 2. The van der Waals surface area contributed by atoms with Crippen LogP contribution in [0.25, 0.3) is 0 Å². The molecule has 1 amide bonds. The highest BCUT2D eigenvalue weighted by atomic mass is 19.4. The molecule has 0 saturated carbocycles. The fourth-order valence-corrected chi connectivity index (χ4v) is 2.99. The fraction of sp³-hybridized carbons (Fsp3) is 0.375. The van der Waals surface area contributed by atoms with Crippen molar-refractivity contribution < 1.29 is 22.4 Å². The van der Waals surface area contributed by atoms with Crippen molar-refractivity contribution in [3.8, 4) is 0 Å². The van der Waals surface area contributed by atoms with Gasteiger partial charge in [0.15, 0.2) is 0 Å². The number of alkyl halides is 3. The van der Waals surface area contributed by atoms with E-state index in [1.54, 1.807) is 12.3 Å². The van der Waals surface area contributed by atoms with Gasteiger partial charge in [-0.05, 0) is 50.2 Å². The van der Waals surface area contributed by atoms with Crippen molar-refractivity contribution in [2.75, 3.05) is 18.4 Å². The highest BCUT2D eigenvalue weighted by Crippen LogP contribution is 2.34. The highest BCUT2D eigenvalue weighted by Gasteiger charge is 2.42. The third kappa shape index (κ3) is 3.37. The van der Waals surface area contributed by atoms with Gasteiger partial charge in [-0.2, -0.15) is 18.3 Å². The molecule has 2 aromatic rings.